The average molecular weight is 411 g/mol. The van der Waals surface area contributed by atoms with Crippen LogP contribution >= 0.6 is 0 Å². The number of anilines is 1. The second-order valence-corrected chi connectivity index (χ2v) is 7.10. The number of carbonyl (C=O) groups is 1. The molecule has 2 N–H and O–H groups in total. The molecule has 4 rings (SSSR count). The average Bonchev–Trinajstić information content (AvgIpc) is 3.35. The number of hydrogen-bond donors (Lipinski definition) is 2. The van der Waals surface area contributed by atoms with Gasteiger partial charge in [0.15, 0.2) is 0 Å². The first-order valence-electron chi connectivity index (χ1n) is 9.44. The Labute approximate surface area is 172 Å². The molecule has 0 bridgehead atoms. The van der Waals surface area contributed by atoms with E-state index in [1.54, 1.807) is 0 Å². The number of nitrogens with zero attached hydrogens (tertiary/aromatic N) is 5. The Bertz CT molecular complexity index is 1040. The lowest BCUT2D eigenvalue weighted by Gasteiger charge is -2.10. The molecule has 1 amide bonds. The standard InChI is InChI=1S/C19H21N7O4/c1-10(2)22-15-5-12(4-11(3)23-15)18-25-17(26-30-18)14-6-21-16(7-20-14)28-8-13-9-29-19(27)24-13/h4-7,10,13H,8-9H2,1-3H3,(H,22,23)(H,24,27)/t13-/m0/s1. The lowest BCUT2D eigenvalue weighted by Crippen LogP contribution is -2.32. The van der Waals surface area contributed by atoms with Crippen LogP contribution in [0.15, 0.2) is 29.0 Å². The number of rotatable bonds is 7. The van der Waals surface area contributed by atoms with E-state index in [0.717, 1.165) is 17.1 Å². The number of nitrogens with one attached hydrogen (secondary N) is 2. The summed E-state index contributed by atoms with van der Waals surface area (Å²) in [4.78, 5) is 28.4. The van der Waals surface area contributed by atoms with E-state index in [4.69, 9.17) is 14.0 Å². The fourth-order valence-electron chi connectivity index (χ4n) is 2.81. The molecule has 0 unspecified atom stereocenters. The fraction of sp³-hybridized carbons (Fsp3) is 0.368. The Kier molecular flexibility index (Phi) is 5.42. The van der Waals surface area contributed by atoms with Crippen molar-refractivity contribution < 1.29 is 18.8 Å². The monoisotopic (exact) mass is 411 g/mol. The van der Waals surface area contributed by atoms with Crippen molar-refractivity contribution in [2.75, 3.05) is 18.5 Å². The Balaban J connectivity index is 1.45. The summed E-state index contributed by atoms with van der Waals surface area (Å²) in [6.45, 7) is 6.48. The van der Waals surface area contributed by atoms with Crippen LogP contribution in [0, 0.1) is 6.92 Å². The quantitative estimate of drug-likeness (QED) is 0.595. The van der Waals surface area contributed by atoms with Crippen molar-refractivity contribution in [3.8, 4) is 28.9 Å². The van der Waals surface area contributed by atoms with E-state index < -0.39 is 6.09 Å². The predicted octanol–water partition coefficient (Wildman–Crippen LogP) is 2.20. The van der Waals surface area contributed by atoms with Gasteiger partial charge in [0.2, 0.25) is 11.7 Å². The van der Waals surface area contributed by atoms with Crippen molar-refractivity contribution in [3.05, 3.63) is 30.2 Å². The van der Waals surface area contributed by atoms with Crippen LogP contribution in [0.2, 0.25) is 0 Å². The molecule has 11 heteroatoms. The highest BCUT2D eigenvalue weighted by molar-refractivity contribution is 5.69. The van der Waals surface area contributed by atoms with Gasteiger partial charge in [-0.3, -0.25) is 0 Å². The van der Waals surface area contributed by atoms with Crippen molar-refractivity contribution in [1.82, 2.24) is 30.4 Å². The molecule has 4 heterocycles. The van der Waals surface area contributed by atoms with Crippen molar-refractivity contribution >= 4 is 11.9 Å². The van der Waals surface area contributed by atoms with Gasteiger partial charge in [0.25, 0.3) is 5.89 Å². The zero-order valence-corrected chi connectivity index (χ0v) is 16.7. The van der Waals surface area contributed by atoms with Gasteiger partial charge < -0.3 is 24.6 Å². The zero-order valence-electron chi connectivity index (χ0n) is 16.7. The van der Waals surface area contributed by atoms with Crippen LogP contribution < -0.4 is 15.4 Å². The first kappa shape index (κ1) is 19.6. The van der Waals surface area contributed by atoms with E-state index >= 15 is 0 Å². The molecule has 1 fully saturated rings. The predicted molar refractivity (Wildman–Crippen MR) is 106 cm³/mol. The van der Waals surface area contributed by atoms with E-state index in [9.17, 15) is 4.79 Å². The van der Waals surface area contributed by atoms with Crippen molar-refractivity contribution in [2.24, 2.45) is 0 Å². The van der Waals surface area contributed by atoms with Gasteiger partial charge in [0, 0.05) is 17.3 Å². The van der Waals surface area contributed by atoms with Gasteiger partial charge in [0.1, 0.15) is 30.8 Å². The summed E-state index contributed by atoms with van der Waals surface area (Å²) in [7, 11) is 0. The topological polar surface area (TPSA) is 137 Å². The van der Waals surface area contributed by atoms with Gasteiger partial charge in [-0.2, -0.15) is 4.98 Å². The first-order valence-corrected chi connectivity index (χ1v) is 9.44. The second kappa shape index (κ2) is 8.31. The third kappa shape index (κ3) is 4.62. The van der Waals surface area contributed by atoms with Crippen molar-refractivity contribution in [1.29, 1.82) is 0 Å². The number of cyclic esters (lactones) is 1. The maximum absolute atomic E-state index is 11.0. The third-order valence-electron chi connectivity index (χ3n) is 4.09. The number of hydrogen-bond acceptors (Lipinski definition) is 10. The Morgan fingerprint density at radius 2 is 2.13 bits per heavy atom. The van der Waals surface area contributed by atoms with Gasteiger partial charge in [-0.15, -0.1) is 0 Å². The van der Waals surface area contributed by atoms with Gasteiger partial charge in [-0.1, -0.05) is 5.16 Å². The van der Waals surface area contributed by atoms with Gasteiger partial charge >= 0.3 is 6.09 Å². The molecule has 0 aromatic carbocycles. The lowest BCUT2D eigenvalue weighted by atomic mass is 10.2. The van der Waals surface area contributed by atoms with E-state index in [-0.39, 0.29) is 25.3 Å². The van der Waals surface area contributed by atoms with Gasteiger partial charge in [-0.25, -0.2) is 19.7 Å². The number of carbonyl (C=O) groups excluding carboxylic acids is 1. The maximum atomic E-state index is 11.0. The van der Waals surface area contributed by atoms with Crippen LogP contribution in [0.25, 0.3) is 23.0 Å². The molecular weight excluding hydrogens is 390 g/mol. The highest BCUT2D eigenvalue weighted by Crippen LogP contribution is 2.24. The van der Waals surface area contributed by atoms with E-state index in [1.165, 1.54) is 12.4 Å². The molecule has 1 aliphatic rings. The molecular formula is C19H21N7O4. The molecule has 3 aromatic heterocycles. The molecule has 1 atom stereocenters. The minimum absolute atomic E-state index is 0.211. The molecule has 1 saturated heterocycles. The SMILES string of the molecule is Cc1cc(-c2nc(-c3cnc(OC[C@H]4COC(=O)N4)cn3)no2)cc(NC(C)C)n1. The van der Waals surface area contributed by atoms with Crippen LogP contribution in [0.1, 0.15) is 19.5 Å². The molecule has 30 heavy (non-hydrogen) atoms. The summed E-state index contributed by atoms with van der Waals surface area (Å²) >= 11 is 0. The molecule has 156 valence electrons. The second-order valence-electron chi connectivity index (χ2n) is 7.10. The fourth-order valence-corrected chi connectivity index (χ4v) is 2.81. The Hall–Kier alpha value is -3.76. The summed E-state index contributed by atoms with van der Waals surface area (Å²) < 4.78 is 15.7. The Morgan fingerprint density at radius 3 is 2.83 bits per heavy atom. The smallest absolute Gasteiger partial charge is 0.407 e. The summed E-state index contributed by atoms with van der Waals surface area (Å²) in [5.41, 5.74) is 2.04. The molecule has 0 spiro atoms. The highest BCUT2D eigenvalue weighted by Gasteiger charge is 2.23. The van der Waals surface area contributed by atoms with E-state index in [1.807, 2.05) is 32.9 Å². The molecule has 0 radical (unpaired) electrons. The summed E-state index contributed by atoms with van der Waals surface area (Å²) in [6.07, 6.45) is 2.51. The van der Waals surface area contributed by atoms with Crippen LogP contribution in [0.5, 0.6) is 5.88 Å². The van der Waals surface area contributed by atoms with Crippen LogP contribution in [-0.4, -0.2) is 56.5 Å². The molecule has 1 aliphatic heterocycles. The normalized spacial score (nSPS) is 15.7. The first-order chi connectivity index (χ1) is 14.5. The van der Waals surface area contributed by atoms with Crippen LogP contribution in [0.4, 0.5) is 10.6 Å². The number of pyridine rings is 1. The third-order valence-corrected chi connectivity index (χ3v) is 4.09. The summed E-state index contributed by atoms with van der Waals surface area (Å²) in [5, 5.41) is 9.88. The zero-order chi connectivity index (χ0) is 21.1. The van der Waals surface area contributed by atoms with Gasteiger partial charge in [-0.05, 0) is 32.9 Å². The van der Waals surface area contributed by atoms with Crippen molar-refractivity contribution in [3.63, 3.8) is 0 Å². The number of aromatic nitrogens is 5. The van der Waals surface area contributed by atoms with E-state index in [0.29, 0.717) is 23.3 Å². The van der Waals surface area contributed by atoms with Gasteiger partial charge in [0.05, 0.1) is 12.4 Å². The number of aryl methyl sites for hydroxylation is 1. The largest absolute Gasteiger partial charge is 0.474 e. The highest BCUT2D eigenvalue weighted by atomic mass is 16.6. The lowest BCUT2D eigenvalue weighted by molar-refractivity contribution is 0.174. The van der Waals surface area contributed by atoms with Crippen LogP contribution in [0.3, 0.4) is 0 Å². The summed E-state index contributed by atoms with van der Waals surface area (Å²) in [6, 6.07) is 3.77. The minimum Gasteiger partial charge on any atom is -0.474 e. The van der Waals surface area contributed by atoms with E-state index in [2.05, 4.69) is 35.7 Å². The molecule has 3 aromatic rings. The Morgan fingerprint density at radius 1 is 1.27 bits per heavy atom. The maximum Gasteiger partial charge on any atom is 0.407 e. The number of alkyl carbamates (subject to hydrolysis) is 1. The molecule has 0 aliphatic carbocycles. The molecule has 11 nitrogen and oxygen atoms in total. The molecule has 0 saturated carbocycles. The van der Waals surface area contributed by atoms with Crippen LogP contribution in [-0.2, 0) is 4.74 Å². The number of ether oxygens (including phenoxy) is 2. The minimum atomic E-state index is -0.450. The number of amides is 1. The van der Waals surface area contributed by atoms with Crippen molar-refractivity contribution in [2.45, 2.75) is 32.9 Å². The summed E-state index contributed by atoms with van der Waals surface area (Å²) in [5.74, 6) is 1.73.